The Labute approximate surface area is 429 Å². The van der Waals surface area contributed by atoms with E-state index in [-0.39, 0.29) is 10.8 Å². The van der Waals surface area contributed by atoms with Crippen LogP contribution in [0.5, 0.6) is 0 Å². The van der Waals surface area contributed by atoms with Crippen LogP contribution in [0.2, 0.25) is 0 Å². The van der Waals surface area contributed by atoms with Crippen LogP contribution in [0.15, 0.2) is 246 Å². The maximum atomic E-state index is 2.56. The molecule has 0 unspecified atom stereocenters. The highest BCUT2D eigenvalue weighted by Crippen LogP contribution is 2.64. The van der Waals surface area contributed by atoms with Crippen LogP contribution < -0.4 is 4.90 Å². The van der Waals surface area contributed by atoms with Gasteiger partial charge in [0.1, 0.15) is 0 Å². The summed E-state index contributed by atoms with van der Waals surface area (Å²) in [5.74, 6) is 0. The first kappa shape index (κ1) is 44.3. The van der Waals surface area contributed by atoms with E-state index in [4.69, 9.17) is 0 Å². The molecule has 1 aliphatic heterocycles. The largest absolute Gasteiger partial charge is 0.310 e. The number of hydrogen-bond acceptors (Lipinski definition) is 2. The van der Waals surface area contributed by atoms with Crippen LogP contribution in [0, 0.1) is 0 Å². The molecule has 0 atom stereocenters. The van der Waals surface area contributed by atoms with E-state index in [9.17, 15) is 0 Å². The highest BCUT2D eigenvalue weighted by Gasteiger charge is 2.52. The summed E-state index contributed by atoms with van der Waals surface area (Å²) in [6.07, 6.45) is 0. The van der Waals surface area contributed by atoms with Crippen molar-refractivity contribution in [3.8, 4) is 33.4 Å². The van der Waals surface area contributed by atoms with Gasteiger partial charge in [0.2, 0.25) is 0 Å². The van der Waals surface area contributed by atoms with Crippen LogP contribution in [-0.2, 0) is 21.7 Å². The molecule has 3 aliphatic rings. The third kappa shape index (κ3) is 6.62. The predicted octanol–water partition coefficient (Wildman–Crippen LogP) is 18.6. The Hall–Kier alpha value is -7.65. The lowest BCUT2D eigenvalue weighted by Gasteiger charge is -2.41. The van der Waals surface area contributed by atoms with Gasteiger partial charge in [-0.3, -0.25) is 0 Å². The molecule has 0 aromatic heterocycles. The van der Waals surface area contributed by atoms with Gasteiger partial charge in [-0.2, -0.15) is 0 Å². The molecule has 0 fully saturated rings. The first-order chi connectivity index (χ1) is 35.0. The second-order valence-corrected chi connectivity index (χ2v) is 23.1. The minimum atomic E-state index is -0.571. The van der Waals surface area contributed by atoms with Crippen LogP contribution in [0.25, 0.3) is 33.4 Å². The lowest BCUT2D eigenvalue weighted by atomic mass is 9.65. The van der Waals surface area contributed by atoms with E-state index in [1.54, 1.807) is 0 Å². The first-order valence-electron chi connectivity index (χ1n) is 25.5. The molecule has 72 heavy (non-hydrogen) atoms. The summed E-state index contributed by atoms with van der Waals surface area (Å²) in [5.41, 5.74) is 22.9. The zero-order valence-electron chi connectivity index (χ0n) is 41.9. The molecule has 0 bridgehead atoms. The highest BCUT2D eigenvalue weighted by molar-refractivity contribution is 7.99. The molecule has 0 radical (unpaired) electrons. The van der Waals surface area contributed by atoms with Gasteiger partial charge >= 0.3 is 0 Å². The number of anilines is 3. The average Bonchev–Trinajstić information content (AvgIpc) is 3.87. The zero-order chi connectivity index (χ0) is 49.0. The fourth-order valence-electron chi connectivity index (χ4n) is 12.5. The van der Waals surface area contributed by atoms with Gasteiger partial charge in [-0.1, -0.05) is 241 Å². The molecule has 1 nitrogen and oxygen atoms in total. The summed E-state index contributed by atoms with van der Waals surface area (Å²) < 4.78 is 0. The molecule has 10 aromatic carbocycles. The van der Waals surface area contributed by atoms with Gasteiger partial charge in [-0.25, -0.2) is 0 Å². The lowest BCUT2D eigenvalue weighted by molar-refractivity contribution is 0.581. The molecular formula is C70H57NS. The van der Waals surface area contributed by atoms with Crippen molar-refractivity contribution in [3.05, 3.63) is 292 Å². The van der Waals surface area contributed by atoms with E-state index in [0.717, 1.165) is 17.1 Å². The van der Waals surface area contributed by atoms with Crippen molar-refractivity contribution in [1.82, 2.24) is 0 Å². The van der Waals surface area contributed by atoms with E-state index in [2.05, 4.69) is 283 Å². The topological polar surface area (TPSA) is 3.24 Å². The number of rotatable bonds is 6. The number of hydrogen-bond donors (Lipinski definition) is 0. The van der Waals surface area contributed by atoms with Gasteiger partial charge in [0.15, 0.2) is 0 Å². The number of benzene rings is 10. The summed E-state index contributed by atoms with van der Waals surface area (Å²) in [6, 6.07) is 89.8. The zero-order valence-corrected chi connectivity index (χ0v) is 42.7. The minimum Gasteiger partial charge on any atom is -0.310 e. The standard InChI is InChI=1S/C70H57NS/c1-67(2,3)50-32-40-65-63(42-50)70(64-43-51(68(4,5)6)33-41-66(64)72-65)60-29-19-17-27-56(60)58-39-37-54(45-62(58)70)71(52-34-30-47(31-35-52)46-20-10-7-11-21-46)53-36-38-57-55-26-16-18-28-59(55)69(61(57)44-53,48-22-12-8-13-23-48)49-24-14-9-15-25-49/h7-45H,1-6H3. The molecular weight excluding hydrogens is 887 g/mol. The molecule has 0 saturated heterocycles. The third-order valence-corrected chi connectivity index (χ3v) is 17.1. The van der Waals surface area contributed by atoms with E-state index in [1.807, 2.05) is 11.8 Å². The van der Waals surface area contributed by atoms with Gasteiger partial charge in [0, 0.05) is 26.9 Å². The fraction of sp³-hybridized carbons (Fsp3) is 0.143. The second-order valence-electron chi connectivity index (χ2n) is 22.1. The summed E-state index contributed by atoms with van der Waals surface area (Å²) in [6.45, 7) is 14.1. The smallest absolute Gasteiger partial charge is 0.0736 e. The van der Waals surface area contributed by atoms with Gasteiger partial charge in [-0.15, -0.1) is 0 Å². The predicted molar refractivity (Wildman–Crippen MR) is 303 cm³/mol. The summed E-state index contributed by atoms with van der Waals surface area (Å²) in [5, 5.41) is 0. The molecule has 2 heteroatoms. The summed E-state index contributed by atoms with van der Waals surface area (Å²) >= 11 is 1.93. The van der Waals surface area contributed by atoms with Gasteiger partial charge in [-0.05, 0) is 148 Å². The molecule has 348 valence electrons. The van der Waals surface area contributed by atoms with Crippen molar-refractivity contribution in [1.29, 1.82) is 0 Å². The summed E-state index contributed by atoms with van der Waals surface area (Å²) in [4.78, 5) is 5.15. The second kappa shape index (κ2) is 16.5. The van der Waals surface area contributed by atoms with Crippen molar-refractivity contribution >= 4 is 28.8 Å². The molecule has 1 spiro atoms. The Morgan fingerprint density at radius 1 is 0.306 bits per heavy atom. The van der Waals surface area contributed by atoms with Crippen molar-refractivity contribution in [3.63, 3.8) is 0 Å². The molecule has 13 rings (SSSR count). The third-order valence-electron chi connectivity index (χ3n) is 15.9. The molecule has 0 N–H and O–H groups in total. The van der Waals surface area contributed by atoms with Crippen molar-refractivity contribution in [2.45, 2.75) is 73.0 Å². The Kier molecular flexibility index (Phi) is 10.1. The number of fused-ring (bicyclic) bond motifs is 12. The fourth-order valence-corrected chi connectivity index (χ4v) is 13.6. The maximum absolute atomic E-state index is 2.56. The van der Waals surface area contributed by atoms with E-state index in [0.29, 0.717) is 0 Å². The van der Waals surface area contributed by atoms with Gasteiger partial charge in [0.05, 0.1) is 10.8 Å². The Morgan fingerprint density at radius 3 is 1.18 bits per heavy atom. The Bertz CT molecular complexity index is 3620. The Morgan fingerprint density at radius 2 is 0.694 bits per heavy atom. The average molecular weight is 944 g/mol. The van der Waals surface area contributed by atoms with Crippen molar-refractivity contribution in [2.75, 3.05) is 4.90 Å². The molecule has 1 heterocycles. The summed E-state index contributed by atoms with van der Waals surface area (Å²) in [7, 11) is 0. The van der Waals surface area contributed by atoms with Crippen LogP contribution in [0.1, 0.15) is 97.2 Å². The quantitative estimate of drug-likeness (QED) is 0.163. The minimum absolute atomic E-state index is 0.0398. The van der Waals surface area contributed by atoms with Crippen molar-refractivity contribution < 1.29 is 0 Å². The number of nitrogens with zero attached hydrogens (tertiary/aromatic N) is 1. The van der Waals surface area contributed by atoms with E-state index in [1.165, 1.54) is 98.8 Å². The van der Waals surface area contributed by atoms with Crippen molar-refractivity contribution in [2.24, 2.45) is 0 Å². The Balaban J connectivity index is 1.10. The molecule has 0 amide bonds. The highest BCUT2D eigenvalue weighted by atomic mass is 32.2. The lowest BCUT2D eigenvalue weighted by Crippen LogP contribution is -2.33. The van der Waals surface area contributed by atoms with Crippen LogP contribution in [0.3, 0.4) is 0 Å². The van der Waals surface area contributed by atoms with E-state index < -0.39 is 10.8 Å². The van der Waals surface area contributed by atoms with E-state index >= 15 is 0 Å². The van der Waals surface area contributed by atoms with Crippen LogP contribution >= 0.6 is 11.8 Å². The molecule has 0 saturated carbocycles. The first-order valence-corrected chi connectivity index (χ1v) is 26.3. The van der Waals surface area contributed by atoms with Gasteiger partial charge < -0.3 is 4.90 Å². The van der Waals surface area contributed by atoms with Gasteiger partial charge in [0.25, 0.3) is 0 Å². The normalized spacial score (nSPS) is 14.4. The maximum Gasteiger partial charge on any atom is 0.0736 e. The monoisotopic (exact) mass is 943 g/mol. The SMILES string of the molecule is CC(C)(C)c1ccc2c(c1)C1(c3cc(C(C)(C)C)ccc3S2)c2ccccc2-c2ccc(N(c3ccc(-c4ccccc4)cc3)c3ccc4c(c3)C(c3ccccc3)(c3ccccc3)c3ccccc3-4)cc21. The van der Waals surface area contributed by atoms with Crippen LogP contribution in [-0.4, -0.2) is 0 Å². The molecule has 2 aliphatic carbocycles. The molecule has 10 aromatic rings. The van der Waals surface area contributed by atoms with Crippen LogP contribution in [0.4, 0.5) is 17.1 Å².